The second-order valence-electron chi connectivity index (χ2n) is 7.58. The fraction of sp³-hybridized carbons (Fsp3) is 0.450. The average molecular weight is 439 g/mol. The number of carbonyl (C=O) groups excluding carboxylic acids is 2. The highest BCUT2D eigenvalue weighted by Crippen LogP contribution is 2.27. The van der Waals surface area contributed by atoms with Gasteiger partial charge in [0.25, 0.3) is 0 Å². The summed E-state index contributed by atoms with van der Waals surface area (Å²) in [6.45, 7) is 3.00. The van der Waals surface area contributed by atoms with E-state index in [0.29, 0.717) is 5.57 Å². The largest absolute Gasteiger partial charge is 0.417 e. The molecular formula is C20H21F4N5O2. The molecule has 1 aromatic rings. The van der Waals surface area contributed by atoms with Crippen molar-refractivity contribution in [2.45, 2.75) is 50.7 Å². The Balaban J connectivity index is 1.72. The number of fused-ring (bicyclic) bond motifs is 1. The minimum atomic E-state index is -4.51. The molecule has 0 aliphatic carbocycles. The highest BCUT2D eigenvalue weighted by atomic mass is 19.4. The van der Waals surface area contributed by atoms with E-state index in [0.717, 1.165) is 6.07 Å². The molecule has 3 rings (SSSR count). The van der Waals surface area contributed by atoms with Crippen LogP contribution < -0.4 is 21.3 Å². The quantitative estimate of drug-likeness (QED) is 0.533. The third kappa shape index (κ3) is 4.86. The number of nitrogens with zero attached hydrogens (tertiary/aromatic N) is 1. The van der Waals surface area contributed by atoms with Crippen molar-refractivity contribution in [3.8, 4) is 6.07 Å². The van der Waals surface area contributed by atoms with Crippen molar-refractivity contribution < 1.29 is 27.2 Å². The Morgan fingerprint density at radius 2 is 2.10 bits per heavy atom. The molecule has 0 saturated carbocycles. The van der Waals surface area contributed by atoms with E-state index in [2.05, 4.69) is 21.3 Å². The highest BCUT2D eigenvalue weighted by Gasteiger charge is 2.47. The Hall–Kier alpha value is -2.97. The lowest BCUT2D eigenvalue weighted by Gasteiger charge is -2.43. The van der Waals surface area contributed by atoms with Crippen LogP contribution in [0.15, 0.2) is 29.3 Å². The van der Waals surface area contributed by atoms with Crippen LogP contribution in [0, 0.1) is 17.1 Å². The molecule has 31 heavy (non-hydrogen) atoms. The third-order valence-corrected chi connectivity index (χ3v) is 5.46. The molecule has 2 aliphatic heterocycles. The van der Waals surface area contributed by atoms with Crippen LogP contribution in [0.4, 0.5) is 17.6 Å². The van der Waals surface area contributed by atoms with Gasteiger partial charge in [0.15, 0.2) is 6.17 Å². The molecule has 0 bridgehead atoms. The first-order valence-electron chi connectivity index (χ1n) is 9.56. The Labute approximate surface area is 175 Å². The van der Waals surface area contributed by atoms with Crippen molar-refractivity contribution in [2.75, 3.05) is 6.54 Å². The summed E-state index contributed by atoms with van der Waals surface area (Å²) in [5.74, 6) is -1.77. The topological polar surface area (TPSA) is 106 Å². The van der Waals surface area contributed by atoms with Gasteiger partial charge in [0.2, 0.25) is 11.8 Å². The Morgan fingerprint density at radius 3 is 2.71 bits per heavy atom. The summed E-state index contributed by atoms with van der Waals surface area (Å²) in [5, 5.41) is 18.8. The van der Waals surface area contributed by atoms with Crippen molar-refractivity contribution in [1.29, 1.82) is 5.26 Å². The lowest BCUT2D eigenvalue weighted by atomic mass is 9.87. The fourth-order valence-electron chi connectivity index (χ4n) is 3.81. The molecule has 0 radical (unpaired) electrons. The van der Waals surface area contributed by atoms with Gasteiger partial charge in [0.05, 0.1) is 36.2 Å². The van der Waals surface area contributed by atoms with Crippen molar-refractivity contribution in [1.82, 2.24) is 21.3 Å². The van der Waals surface area contributed by atoms with Crippen LogP contribution in [-0.2, 0) is 9.59 Å². The van der Waals surface area contributed by atoms with Gasteiger partial charge in [-0.1, -0.05) is 6.07 Å². The summed E-state index contributed by atoms with van der Waals surface area (Å²) in [6, 6.07) is 3.58. The smallest absolute Gasteiger partial charge is 0.349 e. The summed E-state index contributed by atoms with van der Waals surface area (Å²) in [6.07, 6.45) is -6.80. The minimum Gasteiger partial charge on any atom is -0.349 e. The number of benzene rings is 1. The van der Waals surface area contributed by atoms with Gasteiger partial charge in [-0.2, -0.15) is 18.4 Å². The summed E-state index contributed by atoms with van der Waals surface area (Å²) in [5.41, 5.74) is 0.735. The summed E-state index contributed by atoms with van der Waals surface area (Å²) < 4.78 is 53.3. The number of rotatable bonds is 4. The van der Waals surface area contributed by atoms with Crippen LogP contribution in [0.25, 0.3) is 0 Å². The Morgan fingerprint density at radius 1 is 1.39 bits per heavy atom. The molecule has 2 amide bonds. The van der Waals surface area contributed by atoms with Gasteiger partial charge in [-0.3, -0.25) is 20.2 Å². The second kappa shape index (κ2) is 8.64. The molecule has 166 valence electrons. The first-order valence-corrected chi connectivity index (χ1v) is 9.56. The third-order valence-electron chi connectivity index (χ3n) is 5.46. The van der Waals surface area contributed by atoms with E-state index in [1.807, 2.05) is 6.07 Å². The molecule has 1 aromatic carbocycles. The van der Waals surface area contributed by atoms with Crippen molar-refractivity contribution in [3.05, 3.63) is 46.3 Å². The number of hydrogen-bond acceptors (Lipinski definition) is 5. The van der Waals surface area contributed by atoms with E-state index in [-0.39, 0.29) is 29.7 Å². The van der Waals surface area contributed by atoms with Gasteiger partial charge in [-0.15, -0.1) is 0 Å². The number of amides is 2. The minimum absolute atomic E-state index is 0.0700. The molecule has 2 aliphatic rings. The lowest BCUT2D eigenvalue weighted by Crippen LogP contribution is -2.71. The predicted octanol–water partition coefficient (Wildman–Crippen LogP) is 1.53. The van der Waals surface area contributed by atoms with E-state index < -0.39 is 48.1 Å². The summed E-state index contributed by atoms with van der Waals surface area (Å²) in [7, 11) is 0. The maximum Gasteiger partial charge on any atom is 0.417 e. The number of carbonyl (C=O) groups is 2. The van der Waals surface area contributed by atoms with E-state index in [1.165, 1.54) is 19.1 Å². The van der Waals surface area contributed by atoms with Crippen molar-refractivity contribution in [2.24, 2.45) is 0 Å². The molecule has 2 heterocycles. The average Bonchev–Trinajstić information content (AvgIpc) is 2.69. The zero-order chi connectivity index (χ0) is 22.9. The van der Waals surface area contributed by atoms with Crippen LogP contribution in [0.5, 0.6) is 0 Å². The van der Waals surface area contributed by atoms with Crippen molar-refractivity contribution in [3.63, 3.8) is 0 Å². The van der Waals surface area contributed by atoms with Gasteiger partial charge in [-0.05, 0) is 31.6 Å². The molecule has 3 unspecified atom stereocenters. The molecule has 0 aromatic heterocycles. The fourth-order valence-corrected chi connectivity index (χ4v) is 3.81. The second-order valence-corrected chi connectivity index (χ2v) is 7.58. The first-order chi connectivity index (χ1) is 14.5. The van der Waals surface area contributed by atoms with Gasteiger partial charge >= 0.3 is 6.18 Å². The van der Waals surface area contributed by atoms with Crippen LogP contribution in [0.2, 0.25) is 0 Å². The molecule has 1 fully saturated rings. The van der Waals surface area contributed by atoms with E-state index in [1.54, 1.807) is 6.92 Å². The molecule has 4 N–H and O–H groups in total. The first kappa shape index (κ1) is 22.7. The van der Waals surface area contributed by atoms with Crippen molar-refractivity contribution >= 4 is 11.8 Å². The number of nitrogens with one attached hydrogen (secondary N) is 4. The van der Waals surface area contributed by atoms with E-state index in [4.69, 9.17) is 5.26 Å². The normalized spacial score (nSPS) is 24.7. The maximum absolute atomic E-state index is 14.2. The number of hydrogen-bond donors (Lipinski definition) is 4. The SMILES string of the molecule is CC1=C(CC(=O)N[C@@H](C)c2ccc(C#N)cc2F)C(=O)NC2CNC(C(F)(F)F)NC12. The zero-order valence-corrected chi connectivity index (χ0v) is 16.7. The van der Waals surface area contributed by atoms with Gasteiger partial charge in [0, 0.05) is 17.7 Å². The number of halogens is 4. The standard InChI is InChI=1S/C20H21F4N5O2/c1-9-13(18(31)28-15-8-26-19(20(22,23)24)29-17(9)15)6-16(30)27-10(2)12-4-3-11(7-25)5-14(12)21/h3-5,10,15,17,19,26,29H,6,8H2,1-2H3,(H,27,30)(H,28,31)/t10-,15?,17?,19?/m0/s1. The molecule has 0 spiro atoms. The van der Waals surface area contributed by atoms with Crippen LogP contribution in [-0.4, -0.2) is 42.8 Å². The van der Waals surface area contributed by atoms with Crippen LogP contribution in [0.1, 0.15) is 37.4 Å². The lowest BCUT2D eigenvalue weighted by molar-refractivity contribution is -0.169. The zero-order valence-electron chi connectivity index (χ0n) is 16.7. The highest BCUT2D eigenvalue weighted by molar-refractivity contribution is 6.00. The van der Waals surface area contributed by atoms with Gasteiger partial charge in [-0.25, -0.2) is 4.39 Å². The monoisotopic (exact) mass is 439 g/mol. The molecule has 11 heteroatoms. The summed E-state index contributed by atoms with van der Waals surface area (Å²) in [4.78, 5) is 24.9. The Kier molecular flexibility index (Phi) is 6.33. The van der Waals surface area contributed by atoms with Gasteiger partial charge in [0.1, 0.15) is 5.82 Å². The van der Waals surface area contributed by atoms with Crippen LogP contribution in [0.3, 0.4) is 0 Å². The number of alkyl halides is 3. The Bertz CT molecular complexity index is 969. The van der Waals surface area contributed by atoms with Crippen LogP contribution >= 0.6 is 0 Å². The van der Waals surface area contributed by atoms with Gasteiger partial charge < -0.3 is 10.6 Å². The molecule has 4 atom stereocenters. The molecule has 7 nitrogen and oxygen atoms in total. The number of nitriles is 1. The molecule has 1 saturated heterocycles. The summed E-state index contributed by atoms with van der Waals surface area (Å²) >= 11 is 0. The predicted molar refractivity (Wildman–Crippen MR) is 102 cm³/mol. The van der Waals surface area contributed by atoms with E-state index in [9.17, 15) is 27.2 Å². The molecular weight excluding hydrogens is 418 g/mol. The maximum atomic E-state index is 14.2. The van der Waals surface area contributed by atoms with E-state index >= 15 is 0 Å².